The van der Waals surface area contributed by atoms with Crippen molar-refractivity contribution in [3.05, 3.63) is 87.4 Å². The molecular formula is C25H23FN2O5S. The van der Waals surface area contributed by atoms with Crippen LogP contribution in [0.5, 0.6) is 0 Å². The molecule has 9 heteroatoms. The molecule has 2 N–H and O–H groups in total. The number of ether oxygens (including phenoxy) is 1. The van der Waals surface area contributed by atoms with E-state index in [1.807, 2.05) is 30.3 Å². The van der Waals surface area contributed by atoms with Gasteiger partial charge >= 0.3 is 12.1 Å². The number of amides is 2. The number of carbonyl (C=O) groups excluding carboxylic acids is 2. The van der Waals surface area contributed by atoms with E-state index < -0.39 is 23.8 Å². The Morgan fingerprint density at radius 3 is 2.68 bits per heavy atom. The van der Waals surface area contributed by atoms with Gasteiger partial charge in [-0.05, 0) is 36.6 Å². The van der Waals surface area contributed by atoms with E-state index in [4.69, 9.17) is 4.74 Å². The van der Waals surface area contributed by atoms with Gasteiger partial charge in [-0.1, -0.05) is 36.4 Å². The Hall–Kier alpha value is -3.72. The summed E-state index contributed by atoms with van der Waals surface area (Å²) >= 11 is 1.23. The van der Waals surface area contributed by atoms with Crippen LogP contribution in [0.4, 0.5) is 14.9 Å². The van der Waals surface area contributed by atoms with E-state index in [9.17, 15) is 23.9 Å². The van der Waals surface area contributed by atoms with E-state index >= 15 is 0 Å². The van der Waals surface area contributed by atoms with Crippen LogP contribution in [0.1, 0.15) is 49.9 Å². The first-order valence-electron chi connectivity index (χ1n) is 10.8. The number of benzene rings is 2. The van der Waals surface area contributed by atoms with Gasteiger partial charge in [0.2, 0.25) is 0 Å². The monoisotopic (exact) mass is 482 g/mol. The Morgan fingerprint density at radius 2 is 1.94 bits per heavy atom. The number of likely N-dealkylation sites (tertiary alicyclic amines) is 1. The van der Waals surface area contributed by atoms with Crippen LogP contribution >= 0.6 is 11.3 Å². The average molecular weight is 483 g/mol. The third kappa shape index (κ3) is 5.43. The molecule has 1 fully saturated rings. The summed E-state index contributed by atoms with van der Waals surface area (Å²) in [5.74, 6) is -2.52. The third-order valence-corrected chi connectivity index (χ3v) is 6.77. The second-order valence-electron chi connectivity index (χ2n) is 7.98. The Labute approximate surface area is 199 Å². The highest BCUT2D eigenvalue weighted by molar-refractivity contribution is 7.11. The fourth-order valence-electron chi connectivity index (χ4n) is 3.98. The Morgan fingerprint density at radius 1 is 1.15 bits per heavy atom. The highest BCUT2D eigenvalue weighted by Crippen LogP contribution is 2.38. The summed E-state index contributed by atoms with van der Waals surface area (Å²) in [6.07, 6.45) is 0.967. The van der Waals surface area contributed by atoms with Crippen molar-refractivity contribution in [3.63, 3.8) is 0 Å². The maximum Gasteiger partial charge on any atom is 0.410 e. The van der Waals surface area contributed by atoms with E-state index in [1.54, 1.807) is 10.3 Å². The number of rotatable bonds is 6. The van der Waals surface area contributed by atoms with Crippen LogP contribution < -0.4 is 5.32 Å². The molecule has 2 heterocycles. The molecule has 0 bridgehead atoms. The number of aromatic carboxylic acids is 1. The third-order valence-electron chi connectivity index (χ3n) is 5.62. The number of nitrogens with zero attached hydrogens (tertiary/aromatic N) is 1. The Bertz CT molecular complexity index is 1200. The molecule has 0 spiro atoms. The van der Waals surface area contributed by atoms with Crippen molar-refractivity contribution in [1.29, 1.82) is 0 Å². The number of carboxylic acid groups (broad SMARTS) is 1. The second-order valence-corrected chi connectivity index (χ2v) is 8.89. The van der Waals surface area contributed by atoms with E-state index in [1.165, 1.54) is 29.5 Å². The van der Waals surface area contributed by atoms with Gasteiger partial charge in [0.15, 0.2) is 0 Å². The van der Waals surface area contributed by atoms with Crippen LogP contribution in [-0.4, -0.2) is 41.1 Å². The summed E-state index contributed by atoms with van der Waals surface area (Å²) in [6, 6.07) is 14.5. The predicted molar refractivity (Wildman–Crippen MR) is 126 cm³/mol. The molecule has 7 nitrogen and oxygen atoms in total. The number of nitrogens with one attached hydrogen (secondary N) is 1. The van der Waals surface area contributed by atoms with Crippen LogP contribution in [0, 0.1) is 5.82 Å². The van der Waals surface area contributed by atoms with Gasteiger partial charge < -0.3 is 20.1 Å². The maximum atomic E-state index is 13.5. The topological polar surface area (TPSA) is 95.9 Å². The fourth-order valence-corrected chi connectivity index (χ4v) is 5.10. The minimum atomic E-state index is -1.17. The average Bonchev–Trinajstić information content (AvgIpc) is 3.27. The zero-order valence-electron chi connectivity index (χ0n) is 18.2. The minimum Gasteiger partial charge on any atom is -0.478 e. The zero-order valence-corrected chi connectivity index (χ0v) is 19.0. The van der Waals surface area contributed by atoms with Crippen molar-refractivity contribution in [2.24, 2.45) is 0 Å². The molecule has 4 rings (SSSR count). The van der Waals surface area contributed by atoms with E-state index in [0.717, 1.165) is 11.6 Å². The first kappa shape index (κ1) is 23.4. The van der Waals surface area contributed by atoms with Crippen LogP contribution in [0.15, 0.2) is 60.0 Å². The lowest BCUT2D eigenvalue weighted by Gasteiger charge is -2.32. The van der Waals surface area contributed by atoms with Gasteiger partial charge in [0.25, 0.3) is 5.91 Å². The normalized spacial score (nSPS) is 15.6. The van der Waals surface area contributed by atoms with Crippen molar-refractivity contribution >= 4 is 35.0 Å². The van der Waals surface area contributed by atoms with Gasteiger partial charge in [0.05, 0.1) is 11.3 Å². The van der Waals surface area contributed by atoms with Gasteiger partial charge in [-0.25, -0.2) is 14.0 Å². The van der Waals surface area contributed by atoms with Crippen LogP contribution in [0.2, 0.25) is 0 Å². The summed E-state index contributed by atoms with van der Waals surface area (Å²) < 4.78 is 18.9. The van der Waals surface area contributed by atoms with Gasteiger partial charge in [-0.15, -0.1) is 11.3 Å². The molecular weight excluding hydrogens is 459 g/mol. The zero-order chi connectivity index (χ0) is 24.1. The van der Waals surface area contributed by atoms with Crippen molar-refractivity contribution in [2.45, 2.75) is 25.4 Å². The number of hydrogen-bond acceptors (Lipinski definition) is 5. The fraction of sp³-hybridized carbons (Fsp3) is 0.240. The van der Waals surface area contributed by atoms with Crippen molar-refractivity contribution < 1.29 is 28.6 Å². The van der Waals surface area contributed by atoms with Crippen LogP contribution in [0.3, 0.4) is 0 Å². The number of piperidine rings is 1. The molecule has 2 aromatic carbocycles. The molecule has 1 aliphatic heterocycles. The minimum absolute atomic E-state index is 0.000689. The summed E-state index contributed by atoms with van der Waals surface area (Å²) in [5.41, 5.74) is 1.13. The number of carbonyl (C=O) groups is 3. The number of hydrogen-bond donors (Lipinski definition) is 2. The standard InChI is InChI=1S/C25H23FN2O5S/c26-19-10-4-8-17(12-19)23(29)27-20-15-34-22(21(20)24(30)31)18-9-5-11-28(13-18)25(32)33-14-16-6-2-1-3-7-16/h1-4,6-8,10,12,15,18H,5,9,11,13-14H2,(H,27,29)(H,30,31). The van der Waals surface area contributed by atoms with Crippen molar-refractivity contribution in [3.8, 4) is 0 Å². The molecule has 3 aromatic rings. The predicted octanol–water partition coefficient (Wildman–Crippen LogP) is 5.35. The summed E-state index contributed by atoms with van der Waals surface area (Å²) in [4.78, 5) is 39.4. The molecule has 34 heavy (non-hydrogen) atoms. The van der Waals surface area contributed by atoms with Gasteiger partial charge in [0, 0.05) is 34.8 Å². The van der Waals surface area contributed by atoms with E-state index in [-0.39, 0.29) is 29.3 Å². The molecule has 0 saturated carbocycles. The second kappa shape index (κ2) is 10.5. The van der Waals surface area contributed by atoms with Crippen molar-refractivity contribution in [2.75, 3.05) is 18.4 Å². The SMILES string of the molecule is O=C(Nc1csc(C2CCCN(C(=O)OCc3ccccc3)C2)c1C(=O)O)c1cccc(F)c1. The molecule has 1 saturated heterocycles. The maximum absolute atomic E-state index is 13.5. The Kier molecular flexibility index (Phi) is 7.22. The van der Waals surface area contributed by atoms with Gasteiger partial charge in [0.1, 0.15) is 12.4 Å². The first-order valence-corrected chi connectivity index (χ1v) is 11.7. The summed E-state index contributed by atoms with van der Waals surface area (Å²) in [7, 11) is 0. The highest BCUT2D eigenvalue weighted by atomic mass is 32.1. The van der Waals surface area contributed by atoms with Crippen molar-refractivity contribution in [1.82, 2.24) is 4.90 Å². The quantitative estimate of drug-likeness (QED) is 0.494. The molecule has 1 aliphatic rings. The lowest BCUT2D eigenvalue weighted by Crippen LogP contribution is -2.39. The highest BCUT2D eigenvalue weighted by Gasteiger charge is 2.31. The van der Waals surface area contributed by atoms with Gasteiger partial charge in [-0.2, -0.15) is 0 Å². The Balaban J connectivity index is 1.46. The van der Waals surface area contributed by atoms with E-state index in [0.29, 0.717) is 30.8 Å². The number of halogens is 1. The number of thiophene rings is 1. The molecule has 1 aromatic heterocycles. The lowest BCUT2D eigenvalue weighted by atomic mass is 9.94. The van der Waals surface area contributed by atoms with Crippen LogP contribution in [0.25, 0.3) is 0 Å². The molecule has 0 aliphatic carbocycles. The summed E-state index contributed by atoms with van der Waals surface area (Å²) in [5, 5.41) is 14.0. The number of anilines is 1. The molecule has 1 atom stereocenters. The summed E-state index contributed by atoms with van der Waals surface area (Å²) in [6.45, 7) is 1.02. The van der Waals surface area contributed by atoms with E-state index in [2.05, 4.69) is 5.32 Å². The molecule has 0 radical (unpaired) electrons. The smallest absolute Gasteiger partial charge is 0.410 e. The van der Waals surface area contributed by atoms with Crippen LogP contribution in [-0.2, 0) is 11.3 Å². The molecule has 1 unspecified atom stereocenters. The largest absolute Gasteiger partial charge is 0.478 e. The first-order chi connectivity index (χ1) is 16.4. The number of carboxylic acids is 1. The molecule has 2 amide bonds. The molecule has 176 valence electrons. The van der Waals surface area contributed by atoms with Gasteiger partial charge in [-0.3, -0.25) is 4.79 Å². The lowest BCUT2D eigenvalue weighted by molar-refractivity contribution is 0.0696.